The predicted molar refractivity (Wildman–Crippen MR) is 41.6 cm³/mol. The fourth-order valence-corrected chi connectivity index (χ4v) is 1.71. The first kappa shape index (κ1) is 9.10. The summed E-state index contributed by atoms with van der Waals surface area (Å²) in [6.07, 6.45) is 0. The molecule has 1 atom stereocenters. The number of hydrogen-bond acceptors (Lipinski definition) is 5. The first-order chi connectivity index (χ1) is 5.61. The second-order valence-electron chi connectivity index (χ2n) is 1.67. The summed E-state index contributed by atoms with van der Waals surface area (Å²) in [5, 5.41) is 8.48. The van der Waals surface area contributed by atoms with Crippen molar-refractivity contribution in [3.8, 4) is 0 Å². The first-order valence-corrected chi connectivity index (χ1v) is 4.59. The van der Waals surface area contributed by atoms with Crippen molar-refractivity contribution in [3.05, 3.63) is 11.2 Å². The van der Waals surface area contributed by atoms with Gasteiger partial charge in [-0.15, -0.1) is 11.3 Å². The molecular formula is C4H3N2O4S2-. The van der Waals surface area contributed by atoms with Gasteiger partial charge in [0, 0.05) is 11.3 Å². The minimum atomic E-state index is -2.51. The molecule has 0 amide bonds. The molecule has 0 aromatic carbocycles. The average molecular weight is 207 g/mol. The highest BCUT2D eigenvalue weighted by atomic mass is 32.2. The van der Waals surface area contributed by atoms with E-state index in [4.69, 9.17) is 5.11 Å². The largest absolute Gasteiger partial charge is 0.755 e. The third-order valence-corrected chi connectivity index (χ3v) is 2.19. The molecule has 1 heterocycles. The monoisotopic (exact) mass is 207 g/mol. The Bertz CT molecular complexity index is 323. The van der Waals surface area contributed by atoms with Gasteiger partial charge in [-0.05, 0) is 0 Å². The number of nitrogens with one attached hydrogen (secondary N) is 1. The van der Waals surface area contributed by atoms with E-state index in [1.165, 1.54) is 5.51 Å². The molecule has 0 aliphatic carbocycles. The van der Waals surface area contributed by atoms with Crippen LogP contribution in [-0.4, -0.2) is 24.8 Å². The maximum Gasteiger partial charge on any atom is 0.357 e. The molecule has 0 fully saturated rings. The van der Waals surface area contributed by atoms with Crippen molar-refractivity contribution in [2.45, 2.75) is 0 Å². The highest BCUT2D eigenvalue weighted by molar-refractivity contribution is 7.80. The summed E-state index contributed by atoms with van der Waals surface area (Å²) >= 11 is -1.60. The van der Waals surface area contributed by atoms with Crippen LogP contribution in [0.3, 0.4) is 0 Å². The van der Waals surface area contributed by atoms with Gasteiger partial charge in [-0.25, -0.2) is 9.78 Å². The van der Waals surface area contributed by atoms with Gasteiger partial charge in [0.2, 0.25) is 0 Å². The van der Waals surface area contributed by atoms with E-state index in [0.717, 1.165) is 11.3 Å². The molecule has 12 heavy (non-hydrogen) atoms. The molecule has 0 saturated carbocycles. The summed E-state index contributed by atoms with van der Waals surface area (Å²) in [5.74, 6) is -1.26. The second kappa shape index (κ2) is 3.61. The van der Waals surface area contributed by atoms with Crippen LogP contribution in [0.25, 0.3) is 0 Å². The van der Waals surface area contributed by atoms with Crippen LogP contribution in [0.15, 0.2) is 5.51 Å². The predicted octanol–water partition coefficient (Wildman–Crippen LogP) is 0.0473. The van der Waals surface area contributed by atoms with E-state index in [2.05, 4.69) is 4.98 Å². The highest BCUT2D eigenvalue weighted by Gasteiger charge is 2.12. The Kier molecular flexibility index (Phi) is 2.74. The zero-order chi connectivity index (χ0) is 9.14. The highest BCUT2D eigenvalue weighted by Crippen LogP contribution is 2.19. The van der Waals surface area contributed by atoms with Crippen LogP contribution in [0, 0.1) is 0 Å². The number of thiazole rings is 1. The lowest BCUT2D eigenvalue weighted by molar-refractivity contribution is 0.0692. The van der Waals surface area contributed by atoms with Gasteiger partial charge in [0.05, 0.1) is 5.51 Å². The summed E-state index contributed by atoms with van der Waals surface area (Å²) in [4.78, 5) is 13.8. The number of nitrogens with zero attached hydrogens (tertiary/aromatic N) is 1. The number of carboxylic acids is 1. The minimum absolute atomic E-state index is 0.0100. The van der Waals surface area contributed by atoms with E-state index >= 15 is 0 Å². The van der Waals surface area contributed by atoms with E-state index < -0.39 is 17.2 Å². The summed E-state index contributed by atoms with van der Waals surface area (Å²) in [7, 11) is 0. The molecule has 0 bridgehead atoms. The molecular weight excluding hydrogens is 204 g/mol. The fourth-order valence-electron chi connectivity index (χ4n) is 0.547. The number of aromatic carboxylic acids is 1. The number of hydrogen-bond donors (Lipinski definition) is 2. The molecule has 1 aromatic rings. The third-order valence-electron chi connectivity index (χ3n) is 0.946. The lowest BCUT2D eigenvalue weighted by atomic mass is 10.5. The molecule has 66 valence electrons. The number of rotatable bonds is 3. The summed E-state index contributed by atoms with van der Waals surface area (Å²) in [6.45, 7) is 0. The van der Waals surface area contributed by atoms with Crippen molar-refractivity contribution in [1.82, 2.24) is 4.98 Å². The van der Waals surface area contributed by atoms with Crippen molar-refractivity contribution in [3.63, 3.8) is 0 Å². The minimum Gasteiger partial charge on any atom is -0.755 e. The van der Waals surface area contributed by atoms with E-state index in [0.29, 0.717) is 0 Å². The van der Waals surface area contributed by atoms with Crippen LogP contribution in [0.5, 0.6) is 0 Å². The van der Waals surface area contributed by atoms with Crippen molar-refractivity contribution < 1.29 is 18.7 Å². The summed E-state index contributed by atoms with van der Waals surface area (Å²) in [5.41, 5.74) is 0.961. The average Bonchev–Trinajstić information content (AvgIpc) is 2.33. The van der Waals surface area contributed by atoms with Crippen molar-refractivity contribution in [1.29, 1.82) is 0 Å². The van der Waals surface area contributed by atoms with Crippen LogP contribution in [0.2, 0.25) is 0 Å². The topological polar surface area (TPSA) is 102 Å². The zero-order valence-corrected chi connectivity index (χ0v) is 7.15. The van der Waals surface area contributed by atoms with Gasteiger partial charge in [-0.1, -0.05) is 0 Å². The van der Waals surface area contributed by atoms with Gasteiger partial charge in [0.1, 0.15) is 5.00 Å². The maximum atomic E-state index is 10.4. The van der Waals surface area contributed by atoms with Crippen LogP contribution in [-0.2, 0) is 11.3 Å². The van der Waals surface area contributed by atoms with Gasteiger partial charge >= 0.3 is 5.97 Å². The molecule has 2 N–H and O–H groups in total. The Morgan fingerprint density at radius 3 is 3.00 bits per heavy atom. The lowest BCUT2D eigenvalue weighted by Crippen LogP contribution is -2.06. The van der Waals surface area contributed by atoms with Gasteiger partial charge in [0.25, 0.3) is 0 Å². The van der Waals surface area contributed by atoms with E-state index in [-0.39, 0.29) is 10.7 Å². The maximum absolute atomic E-state index is 10.4. The van der Waals surface area contributed by atoms with Gasteiger partial charge in [-0.3, -0.25) is 4.21 Å². The molecule has 1 rings (SSSR count). The van der Waals surface area contributed by atoms with Crippen molar-refractivity contribution >= 4 is 33.6 Å². The number of aromatic nitrogens is 1. The Morgan fingerprint density at radius 1 is 1.83 bits per heavy atom. The molecule has 0 spiro atoms. The lowest BCUT2D eigenvalue weighted by Gasteiger charge is -2.05. The Morgan fingerprint density at radius 2 is 2.50 bits per heavy atom. The van der Waals surface area contributed by atoms with Gasteiger partial charge in [-0.2, -0.15) is 0 Å². The summed E-state index contributed by atoms with van der Waals surface area (Å²) in [6, 6.07) is 0. The molecule has 1 unspecified atom stereocenters. The molecule has 6 nitrogen and oxygen atoms in total. The van der Waals surface area contributed by atoms with Crippen molar-refractivity contribution in [2.75, 3.05) is 4.72 Å². The van der Waals surface area contributed by atoms with Gasteiger partial charge < -0.3 is 14.4 Å². The molecule has 0 aliphatic heterocycles. The molecule has 0 saturated heterocycles. The van der Waals surface area contributed by atoms with Crippen LogP contribution in [0.4, 0.5) is 5.00 Å². The zero-order valence-electron chi connectivity index (χ0n) is 5.51. The van der Waals surface area contributed by atoms with Crippen LogP contribution < -0.4 is 4.72 Å². The van der Waals surface area contributed by atoms with Crippen LogP contribution >= 0.6 is 11.3 Å². The second-order valence-corrected chi connectivity index (χ2v) is 3.20. The SMILES string of the molecule is O=C(O)c1ncsc1NS(=O)[O-]. The Balaban J connectivity index is 2.91. The molecule has 8 heteroatoms. The summed E-state index contributed by atoms with van der Waals surface area (Å²) < 4.78 is 22.2. The first-order valence-electron chi connectivity index (χ1n) is 2.64. The normalized spacial score (nSPS) is 12.4. The van der Waals surface area contributed by atoms with E-state index in [1.54, 1.807) is 0 Å². The molecule has 1 aromatic heterocycles. The third kappa shape index (κ3) is 2.00. The van der Waals surface area contributed by atoms with E-state index in [1.807, 2.05) is 4.72 Å². The molecule has 0 aliphatic rings. The van der Waals surface area contributed by atoms with E-state index in [9.17, 15) is 13.6 Å². The van der Waals surface area contributed by atoms with Gasteiger partial charge in [0.15, 0.2) is 5.69 Å². The standard InChI is InChI=1S/C4H4N2O4S2/c7-4(8)2-3(6-12(9)10)11-1-5-2/h1,6H,(H,7,8)(H,9,10)/p-1. The van der Waals surface area contributed by atoms with Crippen molar-refractivity contribution in [2.24, 2.45) is 0 Å². The smallest absolute Gasteiger partial charge is 0.357 e. The quantitative estimate of drug-likeness (QED) is 0.681. The molecule has 0 radical (unpaired) electrons. The Labute approximate surface area is 73.7 Å². The Hall–Kier alpha value is -0.990. The number of carbonyl (C=O) groups is 1. The van der Waals surface area contributed by atoms with Crippen LogP contribution in [0.1, 0.15) is 10.5 Å². The fraction of sp³-hybridized carbons (Fsp3) is 0. The number of anilines is 1. The number of carboxylic acid groups (broad SMARTS) is 1.